The molecule has 1 saturated heterocycles. The summed E-state index contributed by atoms with van der Waals surface area (Å²) in [6.45, 7) is 1.23. The monoisotopic (exact) mass is 334 g/mol. The lowest BCUT2D eigenvalue weighted by molar-refractivity contribution is -0.116. The van der Waals surface area contributed by atoms with E-state index in [1.807, 2.05) is 12.1 Å². The van der Waals surface area contributed by atoms with Crippen LogP contribution in [0.25, 0.3) is 5.69 Å². The molecule has 7 nitrogen and oxygen atoms in total. The number of amides is 2. The molecule has 0 atom stereocenters. The van der Waals surface area contributed by atoms with Gasteiger partial charge in [-0.1, -0.05) is 17.7 Å². The van der Waals surface area contributed by atoms with Crippen LogP contribution < -0.4 is 5.32 Å². The van der Waals surface area contributed by atoms with E-state index in [4.69, 9.17) is 16.3 Å². The molecule has 1 N–H and O–H groups in total. The molecule has 0 radical (unpaired) electrons. The molecule has 3 rings (SSSR count). The highest BCUT2D eigenvalue weighted by Gasteiger charge is 2.22. The number of benzene rings is 1. The zero-order valence-electron chi connectivity index (χ0n) is 12.2. The average molecular weight is 335 g/mol. The maximum atomic E-state index is 12.1. The van der Waals surface area contributed by atoms with Gasteiger partial charge >= 0.3 is 6.09 Å². The van der Waals surface area contributed by atoms with Crippen LogP contribution in [-0.4, -0.2) is 46.4 Å². The topological polar surface area (TPSA) is 76.5 Å². The van der Waals surface area contributed by atoms with Gasteiger partial charge in [-0.15, -0.1) is 0 Å². The Morgan fingerprint density at radius 3 is 3.00 bits per heavy atom. The van der Waals surface area contributed by atoms with Gasteiger partial charge in [-0.25, -0.2) is 9.48 Å². The third-order valence-electron chi connectivity index (χ3n) is 3.42. The second-order valence-corrected chi connectivity index (χ2v) is 5.44. The number of aromatic nitrogens is 2. The van der Waals surface area contributed by atoms with E-state index in [1.165, 1.54) is 4.90 Å². The van der Waals surface area contributed by atoms with Gasteiger partial charge in [0.1, 0.15) is 12.4 Å². The van der Waals surface area contributed by atoms with E-state index in [-0.39, 0.29) is 18.4 Å². The highest BCUT2D eigenvalue weighted by Crippen LogP contribution is 2.18. The van der Waals surface area contributed by atoms with E-state index >= 15 is 0 Å². The molecule has 2 heterocycles. The van der Waals surface area contributed by atoms with Crippen LogP contribution in [0.5, 0.6) is 0 Å². The van der Waals surface area contributed by atoms with E-state index in [1.54, 1.807) is 29.1 Å². The summed E-state index contributed by atoms with van der Waals surface area (Å²) in [4.78, 5) is 24.9. The first-order valence-corrected chi connectivity index (χ1v) is 7.53. The van der Waals surface area contributed by atoms with Gasteiger partial charge in [-0.05, 0) is 18.2 Å². The molecular weight excluding hydrogens is 320 g/mol. The first-order valence-electron chi connectivity index (χ1n) is 7.15. The fourth-order valence-electron chi connectivity index (χ4n) is 2.28. The van der Waals surface area contributed by atoms with E-state index in [0.29, 0.717) is 30.5 Å². The molecule has 0 spiro atoms. The Morgan fingerprint density at radius 2 is 2.26 bits per heavy atom. The molecular formula is C15H15ClN4O3. The van der Waals surface area contributed by atoms with Gasteiger partial charge in [-0.2, -0.15) is 5.10 Å². The summed E-state index contributed by atoms with van der Waals surface area (Å²) in [6.07, 6.45) is 1.41. The number of rotatable bonds is 5. The largest absolute Gasteiger partial charge is 0.448 e. The van der Waals surface area contributed by atoms with Gasteiger partial charge in [0.25, 0.3) is 0 Å². The van der Waals surface area contributed by atoms with Crippen molar-refractivity contribution in [2.45, 2.75) is 6.42 Å². The minimum atomic E-state index is -0.373. The van der Waals surface area contributed by atoms with E-state index in [2.05, 4.69) is 10.4 Å². The zero-order valence-corrected chi connectivity index (χ0v) is 13.0. The number of nitrogens with one attached hydrogen (secondary N) is 1. The van der Waals surface area contributed by atoms with Gasteiger partial charge in [0.2, 0.25) is 5.91 Å². The normalized spacial score (nSPS) is 14.0. The molecule has 1 aliphatic heterocycles. The molecule has 1 aromatic heterocycles. The second kappa shape index (κ2) is 6.70. The van der Waals surface area contributed by atoms with E-state index in [9.17, 15) is 9.59 Å². The van der Waals surface area contributed by atoms with E-state index in [0.717, 1.165) is 5.69 Å². The minimum absolute atomic E-state index is 0.190. The molecule has 0 bridgehead atoms. The molecule has 2 aromatic rings. The molecule has 1 aliphatic rings. The SMILES string of the molecule is O=C(CCN1CCOC1=O)Nc1ccnn1-c1cccc(Cl)c1. The molecule has 0 unspecified atom stereocenters. The summed E-state index contributed by atoms with van der Waals surface area (Å²) in [6, 6.07) is 8.87. The van der Waals surface area contributed by atoms with Gasteiger partial charge in [0.05, 0.1) is 18.4 Å². The zero-order chi connectivity index (χ0) is 16.2. The maximum absolute atomic E-state index is 12.1. The van der Waals surface area contributed by atoms with Gasteiger partial charge in [-0.3, -0.25) is 4.79 Å². The summed E-state index contributed by atoms with van der Waals surface area (Å²) >= 11 is 5.98. The lowest BCUT2D eigenvalue weighted by Gasteiger charge is -2.13. The second-order valence-electron chi connectivity index (χ2n) is 5.01. The highest BCUT2D eigenvalue weighted by molar-refractivity contribution is 6.30. The number of hydrogen-bond donors (Lipinski definition) is 1. The van der Waals surface area contributed by atoms with Crippen LogP contribution in [-0.2, 0) is 9.53 Å². The predicted molar refractivity (Wildman–Crippen MR) is 84.7 cm³/mol. The number of carbonyl (C=O) groups is 2. The van der Waals surface area contributed by atoms with Gasteiger partial charge < -0.3 is 15.0 Å². The fourth-order valence-corrected chi connectivity index (χ4v) is 2.47. The number of cyclic esters (lactones) is 1. The van der Waals surface area contributed by atoms with Crippen molar-refractivity contribution in [2.75, 3.05) is 25.0 Å². The first-order chi connectivity index (χ1) is 11.1. The summed E-state index contributed by atoms with van der Waals surface area (Å²) in [7, 11) is 0. The quantitative estimate of drug-likeness (QED) is 0.910. The van der Waals surface area contributed by atoms with Crippen molar-refractivity contribution in [1.29, 1.82) is 0 Å². The minimum Gasteiger partial charge on any atom is -0.448 e. The molecule has 1 fully saturated rings. The highest BCUT2D eigenvalue weighted by atomic mass is 35.5. The summed E-state index contributed by atoms with van der Waals surface area (Å²) < 4.78 is 6.41. The standard InChI is InChI=1S/C15H15ClN4O3/c16-11-2-1-3-12(10-11)20-13(4-6-17-20)18-14(21)5-7-19-8-9-23-15(19)22/h1-4,6,10H,5,7-9H2,(H,18,21). The van der Waals surface area contributed by atoms with E-state index < -0.39 is 0 Å². The number of ether oxygens (including phenoxy) is 1. The van der Waals surface area contributed by atoms with Crippen molar-refractivity contribution in [3.8, 4) is 5.69 Å². The Hall–Kier alpha value is -2.54. The number of anilines is 1. The molecule has 23 heavy (non-hydrogen) atoms. The number of halogens is 1. The van der Waals surface area contributed by atoms with Crippen molar-refractivity contribution in [3.63, 3.8) is 0 Å². The van der Waals surface area contributed by atoms with Crippen LogP contribution in [0.2, 0.25) is 5.02 Å². The van der Waals surface area contributed by atoms with Gasteiger partial charge in [0.15, 0.2) is 0 Å². The molecule has 0 saturated carbocycles. The van der Waals surface area contributed by atoms with Crippen molar-refractivity contribution in [2.24, 2.45) is 0 Å². The van der Waals surface area contributed by atoms with Crippen molar-refractivity contribution in [1.82, 2.24) is 14.7 Å². The number of hydrogen-bond acceptors (Lipinski definition) is 4. The Bertz CT molecular complexity index is 731. The molecule has 2 amide bonds. The predicted octanol–water partition coefficient (Wildman–Crippen LogP) is 2.31. The Kier molecular flexibility index (Phi) is 4.47. The third-order valence-corrected chi connectivity index (χ3v) is 3.65. The Morgan fingerprint density at radius 1 is 1.39 bits per heavy atom. The average Bonchev–Trinajstić information content (AvgIpc) is 3.14. The summed E-state index contributed by atoms with van der Waals surface area (Å²) in [5.74, 6) is 0.342. The van der Waals surface area contributed by atoms with Crippen LogP contribution >= 0.6 is 11.6 Å². The molecule has 0 aliphatic carbocycles. The summed E-state index contributed by atoms with van der Waals surface area (Å²) in [5, 5.41) is 7.56. The smallest absolute Gasteiger partial charge is 0.409 e. The van der Waals surface area contributed by atoms with Crippen LogP contribution in [0, 0.1) is 0 Å². The van der Waals surface area contributed by atoms with Crippen molar-refractivity contribution >= 4 is 29.4 Å². The third kappa shape index (κ3) is 3.62. The molecule has 120 valence electrons. The summed E-state index contributed by atoms with van der Waals surface area (Å²) in [5.41, 5.74) is 0.751. The van der Waals surface area contributed by atoms with Crippen LogP contribution in [0.3, 0.4) is 0 Å². The van der Waals surface area contributed by atoms with Gasteiger partial charge in [0, 0.05) is 24.1 Å². The van der Waals surface area contributed by atoms with Crippen LogP contribution in [0.1, 0.15) is 6.42 Å². The molecule has 1 aromatic carbocycles. The number of nitrogens with zero attached hydrogens (tertiary/aromatic N) is 3. The lowest BCUT2D eigenvalue weighted by atomic mass is 10.3. The number of carbonyl (C=O) groups excluding carboxylic acids is 2. The van der Waals surface area contributed by atoms with Crippen molar-refractivity contribution in [3.05, 3.63) is 41.6 Å². The Labute approximate surface area is 137 Å². The Balaban J connectivity index is 1.63. The lowest BCUT2D eigenvalue weighted by Crippen LogP contribution is -2.28. The van der Waals surface area contributed by atoms with Crippen LogP contribution in [0.4, 0.5) is 10.6 Å². The maximum Gasteiger partial charge on any atom is 0.409 e. The fraction of sp³-hybridized carbons (Fsp3) is 0.267. The van der Waals surface area contributed by atoms with Crippen molar-refractivity contribution < 1.29 is 14.3 Å². The van der Waals surface area contributed by atoms with Crippen LogP contribution in [0.15, 0.2) is 36.5 Å². The first kappa shape index (κ1) is 15.4. The molecule has 8 heteroatoms.